The average molecular weight is 298 g/mol. The lowest BCUT2D eigenvalue weighted by atomic mass is 9.96. The first-order chi connectivity index (χ1) is 9.49. The maximum absolute atomic E-state index is 12.2. The van der Waals surface area contributed by atoms with Crippen LogP contribution in [0.2, 0.25) is 0 Å². The summed E-state index contributed by atoms with van der Waals surface area (Å²) in [6, 6.07) is 6.57. The summed E-state index contributed by atoms with van der Waals surface area (Å²) in [5.74, 6) is 0. The number of rotatable bonds is 3. The molecule has 2 atom stereocenters. The molecular formula is C15H22O4S. The summed E-state index contributed by atoms with van der Waals surface area (Å²) in [5, 5.41) is 10.0. The minimum Gasteiger partial charge on any atom is -0.390 e. The Balaban J connectivity index is 2.11. The lowest BCUT2D eigenvalue weighted by Gasteiger charge is -2.24. The zero-order chi connectivity index (χ0) is 14.6. The van der Waals surface area contributed by atoms with Gasteiger partial charge < -0.3 is 5.11 Å². The molecule has 1 aromatic carbocycles. The molecule has 1 fully saturated rings. The molecule has 2 rings (SSSR count). The van der Waals surface area contributed by atoms with Gasteiger partial charge in [0, 0.05) is 0 Å². The van der Waals surface area contributed by atoms with Crippen LogP contribution in [0.4, 0.5) is 0 Å². The fraction of sp³-hybridized carbons (Fsp3) is 0.600. The van der Waals surface area contributed by atoms with Gasteiger partial charge in [-0.2, -0.15) is 8.42 Å². The van der Waals surface area contributed by atoms with Gasteiger partial charge in [0.1, 0.15) is 6.10 Å². The van der Waals surface area contributed by atoms with Gasteiger partial charge in [-0.25, -0.2) is 0 Å². The monoisotopic (exact) mass is 298 g/mol. The molecule has 5 heteroatoms. The lowest BCUT2D eigenvalue weighted by molar-refractivity contribution is 0.0224. The largest absolute Gasteiger partial charge is 0.390 e. The number of aryl methyl sites for hydroxylation is 1. The molecule has 4 nitrogen and oxygen atoms in total. The highest BCUT2D eigenvalue weighted by Gasteiger charge is 2.28. The maximum Gasteiger partial charge on any atom is 0.297 e. The van der Waals surface area contributed by atoms with E-state index < -0.39 is 22.3 Å². The number of aliphatic hydroxyl groups is 1. The van der Waals surface area contributed by atoms with Crippen LogP contribution >= 0.6 is 0 Å². The molecule has 0 radical (unpaired) electrons. The minimum atomic E-state index is -3.80. The normalized spacial score (nSPS) is 24.9. The third-order valence-corrected chi connectivity index (χ3v) is 5.08. The first-order valence-corrected chi connectivity index (χ1v) is 8.58. The molecule has 112 valence electrons. The molecule has 1 saturated carbocycles. The summed E-state index contributed by atoms with van der Waals surface area (Å²) in [6.07, 6.45) is 3.85. The Morgan fingerprint density at radius 2 is 1.65 bits per heavy atom. The molecule has 0 unspecified atom stereocenters. The summed E-state index contributed by atoms with van der Waals surface area (Å²) in [7, 11) is -3.80. The second-order valence-corrected chi connectivity index (χ2v) is 7.03. The Hall–Kier alpha value is -0.910. The highest BCUT2D eigenvalue weighted by atomic mass is 32.2. The smallest absolute Gasteiger partial charge is 0.297 e. The molecule has 0 spiro atoms. The summed E-state index contributed by atoms with van der Waals surface area (Å²) in [4.78, 5) is 0.150. The van der Waals surface area contributed by atoms with Gasteiger partial charge in [0.2, 0.25) is 0 Å². The van der Waals surface area contributed by atoms with Gasteiger partial charge in [-0.15, -0.1) is 0 Å². The average Bonchev–Trinajstić information content (AvgIpc) is 2.39. The van der Waals surface area contributed by atoms with Crippen LogP contribution in [0, 0.1) is 6.92 Å². The highest BCUT2D eigenvalue weighted by molar-refractivity contribution is 7.86. The van der Waals surface area contributed by atoms with Crippen LogP contribution in [0.25, 0.3) is 0 Å². The second-order valence-electron chi connectivity index (χ2n) is 5.46. The maximum atomic E-state index is 12.2. The zero-order valence-electron chi connectivity index (χ0n) is 11.8. The minimum absolute atomic E-state index is 0.150. The topological polar surface area (TPSA) is 63.6 Å². The Labute approximate surface area is 120 Å². The number of hydrogen-bond acceptors (Lipinski definition) is 4. The van der Waals surface area contributed by atoms with Crippen molar-refractivity contribution in [2.24, 2.45) is 0 Å². The molecule has 1 N–H and O–H groups in total. The van der Waals surface area contributed by atoms with Crippen LogP contribution in [0.3, 0.4) is 0 Å². The summed E-state index contributed by atoms with van der Waals surface area (Å²) < 4.78 is 29.7. The van der Waals surface area contributed by atoms with Crippen LogP contribution in [-0.2, 0) is 14.3 Å². The molecule has 20 heavy (non-hydrogen) atoms. The summed E-state index contributed by atoms with van der Waals surface area (Å²) in [5.41, 5.74) is 0.995. The van der Waals surface area contributed by atoms with E-state index in [-0.39, 0.29) is 4.90 Å². The fourth-order valence-electron chi connectivity index (χ4n) is 2.47. The van der Waals surface area contributed by atoms with E-state index in [4.69, 9.17) is 4.18 Å². The van der Waals surface area contributed by atoms with Gasteiger partial charge in [0.15, 0.2) is 0 Å². The Kier molecular flexibility index (Phi) is 5.18. The predicted molar refractivity (Wildman–Crippen MR) is 76.9 cm³/mol. The van der Waals surface area contributed by atoms with Crippen molar-refractivity contribution in [1.29, 1.82) is 0 Å². The Morgan fingerprint density at radius 1 is 1.05 bits per heavy atom. The van der Waals surface area contributed by atoms with E-state index in [1.165, 1.54) is 0 Å². The fourth-order valence-corrected chi connectivity index (χ4v) is 3.60. The summed E-state index contributed by atoms with van der Waals surface area (Å²) >= 11 is 0. The molecule has 1 aliphatic carbocycles. The van der Waals surface area contributed by atoms with Crippen molar-refractivity contribution in [3.8, 4) is 0 Å². The predicted octanol–water partition coefficient (Wildman–Crippen LogP) is 2.78. The van der Waals surface area contributed by atoms with Gasteiger partial charge in [0.25, 0.3) is 10.1 Å². The van der Waals surface area contributed by atoms with Crippen LogP contribution in [0.15, 0.2) is 29.2 Å². The molecule has 1 aliphatic rings. The van der Waals surface area contributed by atoms with Gasteiger partial charge in [-0.05, 0) is 31.9 Å². The van der Waals surface area contributed by atoms with Crippen LogP contribution < -0.4 is 0 Å². The third kappa shape index (κ3) is 4.04. The van der Waals surface area contributed by atoms with Crippen molar-refractivity contribution in [1.82, 2.24) is 0 Å². The van der Waals surface area contributed by atoms with Crippen LogP contribution in [0.5, 0.6) is 0 Å². The van der Waals surface area contributed by atoms with Gasteiger partial charge >= 0.3 is 0 Å². The molecular weight excluding hydrogens is 276 g/mol. The molecule has 0 aliphatic heterocycles. The molecule has 0 bridgehead atoms. The molecule has 0 saturated heterocycles. The number of benzene rings is 1. The molecule has 1 aromatic rings. The van der Waals surface area contributed by atoms with Crippen molar-refractivity contribution >= 4 is 10.1 Å². The molecule has 0 amide bonds. The van der Waals surface area contributed by atoms with Crippen molar-refractivity contribution in [2.45, 2.75) is 62.6 Å². The van der Waals surface area contributed by atoms with Gasteiger partial charge in [0.05, 0.1) is 11.0 Å². The highest BCUT2D eigenvalue weighted by Crippen LogP contribution is 2.24. The quantitative estimate of drug-likeness (QED) is 0.872. The Morgan fingerprint density at radius 3 is 2.30 bits per heavy atom. The number of hydrogen-bond donors (Lipinski definition) is 1. The van der Waals surface area contributed by atoms with Crippen molar-refractivity contribution in [2.75, 3.05) is 0 Å². The van der Waals surface area contributed by atoms with E-state index in [0.29, 0.717) is 12.8 Å². The van der Waals surface area contributed by atoms with E-state index in [1.54, 1.807) is 24.3 Å². The van der Waals surface area contributed by atoms with Gasteiger partial charge in [-0.3, -0.25) is 4.18 Å². The molecule has 0 heterocycles. The van der Waals surface area contributed by atoms with E-state index in [2.05, 4.69) is 0 Å². The second kappa shape index (κ2) is 6.70. The number of aliphatic hydroxyl groups excluding tert-OH is 1. The lowest BCUT2D eigenvalue weighted by Crippen LogP contribution is -2.32. The van der Waals surface area contributed by atoms with Crippen LogP contribution in [-0.4, -0.2) is 25.7 Å². The first-order valence-electron chi connectivity index (χ1n) is 7.17. The third-order valence-electron chi connectivity index (χ3n) is 3.73. The van der Waals surface area contributed by atoms with Gasteiger partial charge in [-0.1, -0.05) is 43.4 Å². The van der Waals surface area contributed by atoms with E-state index in [1.807, 2.05) is 6.92 Å². The standard InChI is InChI=1S/C15H22O4S/c1-12-8-10-13(11-9-12)20(17,18)19-15-7-5-3-2-4-6-14(15)16/h8-11,14-16H,2-7H2,1H3/t14-,15+/m1/s1. The van der Waals surface area contributed by atoms with E-state index in [9.17, 15) is 13.5 Å². The van der Waals surface area contributed by atoms with Crippen LogP contribution in [0.1, 0.15) is 44.1 Å². The van der Waals surface area contributed by atoms with E-state index >= 15 is 0 Å². The van der Waals surface area contributed by atoms with Crippen molar-refractivity contribution < 1.29 is 17.7 Å². The summed E-state index contributed by atoms with van der Waals surface area (Å²) in [6.45, 7) is 1.90. The molecule has 0 aromatic heterocycles. The Bertz CT molecular complexity index is 521. The zero-order valence-corrected chi connectivity index (χ0v) is 12.6. The first kappa shape index (κ1) is 15.5. The van der Waals surface area contributed by atoms with Crippen molar-refractivity contribution in [3.05, 3.63) is 29.8 Å². The van der Waals surface area contributed by atoms with Crippen molar-refractivity contribution in [3.63, 3.8) is 0 Å². The SMILES string of the molecule is Cc1ccc(S(=O)(=O)O[C@H]2CCCCCC[C@H]2O)cc1. The van der Waals surface area contributed by atoms with E-state index in [0.717, 1.165) is 31.2 Å².